The maximum absolute atomic E-state index is 13.5. The Balaban J connectivity index is 1.64. The molecule has 0 radical (unpaired) electrons. The van der Waals surface area contributed by atoms with E-state index in [0.29, 0.717) is 17.7 Å². The molecule has 186 valence electrons. The van der Waals surface area contributed by atoms with Gasteiger partial charge in [0.25, 0.3) is 11.5 Å². The van der Waals surface area contributed by atoms with E-state index in [2.05, 4.69) is 10.3 Å². The zero-order valence-electron chi connectivity index (χ0n) is 19.6. The molecule has 1 aromatic heterocycles. The third-order valence-corrected chi connectivity index (χ3v) is 6.39. The van der Waals surface area contributed by atoms with Crippen molar-refractivity contribution in [3.05, 3.63) is 50.7 Å². The van der Waals surface area contributed by atoms with Crippen molar-refractivity contribution in [1.29, 1.82) is 0 Å². The van der Waals surface area contributed by atoms with Gasteiger partial charge in [-0.25, -0.2) is 9.59 Å². The van der Waals surface area contributed by atoms with Crippen LogP contribution in [0.1, 0.15) is 38.7 Å². The Bertz CT molecular complexity index is 1300. The Morgan fingerprint density at radius 3 is 2.66 bits per heavy atom. The summed E-state index contributed by atoms with van der Waals surface area (Å²) in [4.78, 5) is 68.6. The number of nitrogen functional groups attached to an aromatic ring is 1. The monoisotopic (exact) mass is 484 g/mol. The van der Waals surface area contributed by atoms with E-state index in [1.54, 1.807) is 31.2 Å². The smallest absolute Gasteiger partial charge is 0.330 e. The Labute approximate surface area is 200 Å². The first kappa shape index (κ1) is 24.0. The summed E-state index contributed by atoms with van der Waals surface area (Å²) in [7, 11) is 0. The number of nitrogens with zero attached hydrogens (tertiary/aromatic N) is 3. The van der Waals surface area contributed by atoms with Crippen molar-refractivity contribution in [3.63, 3.8) is 0 Å². The molecule has 0 aliphatic carbocycles. The van der Waals surface area contributed by atoms with Gasteiger partial charge >= 0.3 is 11.7 Å². The number of carbonyl (C=O) groups is 3. The Morgan fingerprint density at radius 1 is 1.20 bits per heavy atom. The summed E-state index contributed by atoms with van der Waals surface area (Å²) in [5.74, 6) is -0.914. The van der Waals surface area contributed by atoms with Gasteiger partial charge in [0.1, 0.15) is 18.1 Å². The molecular formula is C23H28N6O6. The van der Waals surface area contributed by atoms with Gasteiger partial charge in [-0.05, 0) is 19.4 Å². The van der Waals surface area contributed by atoms with E-state index in [1.807, 2.05) is 6.92 Å². The van der Waals surface area contributed by atoms with Crippen molar-refractivity contribution in [3.8, 4) is 5.75 Å². The molecule has 2 aromatic rings. The molecule has 0 bridgehead atoms. The van der Waals surface area contributed by atoms with E-state index < -0.39 is 41.2 Å². The maximum atomic E-state index is 13.5. The number of hydrogen-bond acceptors (Lipinski definition) is 7. The van der Waals surface area contributed by atoms with Crippen molar-refractivity contribution in [1.82, 2.24) is 19.8 Å². The molecule has 1 unspecified atom stereocenters. The molecule has 35 heavy (non-hydrogen) atoms. The zero-order valence-corrected chi connectivity index (χ0v) is 19.6. The number of carbonyl (C=O) groups excluding carboxylic acids is 3. The van der Waals surface area contributed by atoms with Crippen LogP contribution in [0.2, 0.25) is 0 Å². The van der Waals surface area contributed by atoms with E-state index in [4.69, 9.17) is 10.5 Å². The van der Waals surface area contributed by atoms with Crippen LogP contribution in [-0.4, -0.2) is 52.0 Å². The zero-order chi connectivity index (χ0) is 25.3. The third-order valence-electron chi connectivity index (χ3n) is 6.39. The van der Waals surface area contributed by atoms with E-state index in [0.717, 1.165) is 16.2 Å². The minimum atomic E-state index is -1.33. The van der Waals surface area contributed by atoms with Crippen LogP contribution in [-0.2, 0) is 21.7 Å². The third kappa shape index (κ3) is 3.94. The number of rotatable bonds is 7. The number of ether oxygens (including phenoxy) is 1. The number of nitrogens with one attached hydrogen (secondary N) is 2. The summed E-state index contributed by atoms with van der Waals surface area (Å²) in [5.41, 5.74) is 3.67. The van der Waals surface area contributed by atoms with Crippen molar-refractivity contribution >= 4 is 29.4 Å². The van der Waals surface area contributed by atoms with E-state index in [-0.39, 0.29) is 37.6 Å². The highest BCUT2D eigenvalue weighted by Crippen LogP contribution is 2.41. The lowest BCUT2D eigenvalue weighted by atomic mass is 9.84. The molecule has 4 amide bonds. The number of amides is 4. The van der Waals surface area contributed by atoms with Gasteiger partial charge in [0.15, 0.2) is 11.2 Å². The average Bonchev–Trinajstić information content (AvgIpc) is 3.06. The van der Waals surface area contributed by atoms with Crippen LogP contribution in [0.4, 0.5) is 16.3 Å². The maximum Gasteiger partial charge on any atom is 0.330 e. The number of H-pyrrole nitrogens is 1. The number of aromatic nitrogens is 2. The van der Waals surface area contributed by atoms with E-state index >= 15 is 0 Å². The number of hydrogen-bond donors (Lipinski definition) is 3. The van der Waals surface area contributed by atoms with Gasteiger partial charge in [0.2, 0.25) is 5.91 Å². The largest absolute Gasteiger partial charge is 0.493 e. The topological polar surface area (TPSA) is 160 Å². The van der Waals surface area contributed by atoms with Crippen LogP contribution in [0, 0.1) is 0 Å². The first-order valence-corrected chi connectivity index (χ1v) is 11.5. The van der Waals surface area contributed by atoms with Gasteiger partial charge in [0, 0.05) is 25.1 Å². The quantitative estimate of drug-likeness (QED) is 0.483. The highest BCUT2D eigenvalue weighted by molar-refractivity contribution is 6.11. The molecule has 3 heterocycles. The number of benzene rings is 1. The van der Waals surface area contributed by atoms with Crippen LogP contribution >= 0.6 is 0 Å². The van der Waals surface area contributed by atoms with Crippen LogP contribution in [0.25, 0.3) is 0 Å². The SMILES string of the molecule is CCCCn1c(N)c(N(CC)C(=O)CN2C(=O)NC3(CCOc4ccccc43)C2=O)c(=O)[nH]c1=O. The fraction of sp³-hybridized carbons (Fsp3) is 0.435. The van der Waals surface area contributed by atoms with Crippen LogP contribution in [0.3, 0.4) is 0 Å². The molecule has 1 atom stereocenters. The Kier molecular flexibility index (Phi) is 6.37. The first-order valence-electron chi connectivity index (χ1n) is 11.5. The fourth-order valence-electron chi connectivity index (χ4n) is 4.57. The number of anilines is 2. The molecule has 2 aliphatic heterocycles. The molecule has 4 N–H and O–H groups in total. The molecule has 1 saturated heterocycles. The molecule has 1 spiro atoms. The van der Waals surface area contributed by atoms with Crippen molar-refractivity contribution in [2.75, 3.05) is 30.3 Å². The number of imide groups is 1. The number of nitrogens with two attached hydrogens (primary N) is 1. The average molecular weight is 485 g/mol. The summed E-state index contributed by atoms with van der Waals surface area (Å²) in [6.07, 6.45) is 1.65. The summed E-state index contributed by atoms with van der Waals surface area (Å²) < 4.78 is 6.83. The minimum Gasteiger partial charge on any atom is -0.493 e. The van der Waals surface area contributed by atoms with Crippen LogP contribution in [0.5, 0.6) is 5.75 Å². The Hall–Kier alpha value is -4.09. The number of likely N-dealkylation sites (N-methyl/N-ethyl adjacent to an activating group) is 1. The molecule has 12 nitrogen and oxygen atoms in total. The van der Waals surface area contributed by atoms with Gasteiger partial charge in [-0.15, -0.1) is 0 Å². The molecule has 1 fully saturated rings. The number of para-hydroxylation sites is 1. The van der Waals surface area contributed by atoms with E-state index in [9.17, 15) is 24.0 Å². The van der Waals surface area contributed by atoms with Crippen LogP contribution < -0.4 is 31.9 Å². The second-order valence-corrected chi connectivity index (χ2v) is 8.46. The lowest BCUT2D eigenvalue weighted by Gasteiger charge is -2.33. The number of unbranched alkanes of at least 4 members (excludes halogenated alkanes) is 1. The molecule has 2 aliphatic rings. The van der Waals surface area contributed by atoms with Crippen molar-refractivity contribution in [2.45, 2.75) is 45.2 Å². The molecule has 4 rings (SSSR count). The normalized spacial score (nSPS) is 18.9. The van der Waals surface area contributed by atoms with Gasteiger partial charge < -0.3 is 20.7 Å². The predicted octanol–water partition coefficient (Wildman–Crippen LogP) is 0.502. The first-order chi connectivity index (χ1) is 16.7. The standard InChI is InChI=1S/C23H28N6O6/c1-3-5-11-28-18(24)17(19(31)25-21(28)33)27(4-2)16(30)13-29-20(32)23(26-22(29)34)10-12-35-15-9-7-6-8-14(15)23/h6-9H,3-5,10-13,24H2,1-2H3,(H,26,34)(H,25,31,33). The lowest BCUT2D eigenvalue weighted by molar-refractivity contribution is -0.135. The molecular weight excluding hydrogens is 456 g/mol. The van der Waals surface area contributed by atoms with Crippen molar-refractivity contribution in [2.24, 2.45) is 0 Å². The molecule has 12 heteroatoms. The Morgan fingerprint density at radius 2 is 1.94 bits per heavy atom. The molecule has 0 saturated carbocycles. The van der Waals surface area contributed by atoms with Gasteiger partial charge in [-0.3, -0.25) is 28.8 Å². The van der Waals surface area contributed by atoms with Crippen molar-refractivity contribution < 1.29 is 19.1 Å². The van der Waals surface area contributed by atoms with E-state index in [1.165, 1.54) is 4.57 Å². The summed E-state index contributed by atoms with van der Waals surface area (Å²) in [5, 5.41) is 2.74. The number of urea groups is 1. The summed E-state index contributed by atoms with van der Waals surface area (Å²) in [6, 6.07) is 6.21. The van der Waals surface area contributed by atoms with Crippen LogP contribution in [0.15, 0.2) is 33.9 Å². The highest BCUT2D eigenvalue weighted by atomic mass is 16.5. The number of fused-ring (bicyclic) bond motifs is 2. The second-order valence-electron chi connectivity index (χ2n) is 8.46. The second kappa shape index (κ2) is 9.28. The summed E-state index contributed by atoms with van der Waals surface area (Å²) in [6.45, 7) is 3.49. The van der Waals surface area contributed by atoms with Gasteiger partial charge in [-0.1, -0.05) is 31.5 Å². The molecule has 1 aromatic carbocycles. The minimum absolute atomic E-state index is 0.0313. The lowest BCUT2D eigenvalue weighted by Crippen LogP contribution is -2.49. The van der Waals surface area contributed by atoms with Gasteiger partial charge in [0.05, 0.1) is 6.61 Å². The van der Waals surface area contributed by atoms with Gasteiger partial charge in [-0.2, -0.15) is 0 Å². The highest BCUT2D eigenvalue weighted by Gasteiger charge is 2.55. The summed E-state index contributed by atoms with van der Waals surface area (Å²) >= 11 is 0. The predicted molar refractivity (Wildman–Crippen MR) is 127 cm³/mol. The fourth-order valence-corrected chi connectivity index (χ4v) is 4.57. The number of aromatic amines is 1.